The molecule has 0 aromatic heterocycles. The molecule has 1 saturated carbocycles. The fraction of sp³-hybridized carbons (Fsp3) is 0.591. The van der Waals surface area contributed by atoms with Gasteiger partial charge in [0.25, 0.3) is 11.8 Å². The number of piperidine rings is 1. The first-order valence-corrected chi connectivity index (χ1v) is 10.8. The summed E-state index contributed by atoms with van der Waals surface area (Å²) in [6.07, 6.45) is 8.38. The molecule has 1 aliphatic carbocycles. The van der Waals surface area contributed by atoms with E-state index in [1.54, 1.807) is 0 Å². The molecule has 3 aliphatic rings. The Labute approximate surface area is 171 Å². The molecule has 1 spiro atoms. The number of imide groups is 1. The van der Waals surface area contributed by atoms with Gasteiger partial charge in [-0.25, -0.2) is 4.79 Å². The summed E-state index contributed by atoms with van der Waals surface area (Å²) in [7, 11) is 0. The van der Waals surface area contributed by atoms with Gasteiger partial charge in [0.1, 0.15) is 5.54 Å². The predicted octanol–water partition coefficient (Wildman–Crippen LogP) is 2.37. The van der Waals surface area contributed by atoms with Crippen molar-refractivity contribution in [3.63, 3.8) is 0 Å². The zero-order valence-electron chi connectivity index (χ0n) is 16.9. The standard InChI is InChI=1S/C22H30N4O3/c27-19(24-26-20(28)22(23-21(26)29)12-6-2-7-13-22)16-25-14-8-5-11-18(25)15-17-9-3-1-4-10-17/h1,3-4,9-10,18H,2,5-8,11-16H2,(H,23,29)(H,24,27)/t18-/m1/s1. The van der Waals surface area contributed by atoms with Crippen LogP contribution >= 0.6 is 0 Å². The monoisotopic (exact) mass is 398 g/mol. The highest BCUT2D eigenvalue weighted by Crippen LogP contribution is 2.33. The molecule has 0 unspecified atom stereocenters. The third-order valence-corrected chi connectivity index (χ3v) is 6.52. The molecular formula is C22H30N4O3. The lowest BCUT2D eigenvalue weighted by molar-refractivity contribution is -0.140. The predicted molar refractivity (Wildman–Crippen MR) is 109 cm³/mol. The fourth-order valence-corrected chi connectivity index (χ4v) is 4.95. The molecular weight excluding hydrogens is 368 g/mol. The zero-order valence-corrected chi connectivity index (χ0v) is 16.9. The van der Waals surface area contributed by atoms with Crippen molar-refractivity contribution in [2.24, 2.45) is 0 Å². The quantitative estimate of drug-likeness (QED) is 0.746. The molecule has 3 fully saturated rings. The normalized spacial score (nSPS) is 24.6. The SMILES string of the molecule is O=C(CN1CCCC[C@@H]1Cc1ccccc1)NN1C(=O)NC2(CCCCC2)C1=O. The van der Waals surface area contributed by atoms with Gasteiger partial charge in [-0.15, -0.1) is 0 Å². The zero-order chi connectivity index (χ0) is 20.3. The van der Waals surface area contributed by atoms with Crippen molar-refractivity contribution < 1.29 is 14.4 Å². The highest BCUT2D eigenvalue weighted by Gasteiger charge is 2.52. The maximum Gasteiger partial charge on any atom is 0.344 e. The molecule has 1 aromatic carbocycles. The van der Waals surface area contributed by atoms with Gasteiger partial charge in [-0.3, -0.25) is 19.9 Å². The molecule has 7 nitrogen and oxygen atoms in total. The van der Waals surface area contributed by atoms with E-state index < -0.39 is 11.6 Å². The Kier molecular flexibility index (Phi) is 5.85. The number of hydrogen-bond acceptors (Lipinski definition) is 4. The number of rotatable bonds is 5. The summed E-state index contributed by atoms with van der Waals surface area (Å²) in [5.74, 6) is -0.614. The van der Waals surface area contributed by atoms with Crippen molar-refractivity contribution in [2.45, 2.75) is 69.4 Å². The first-order chi connectivity index (χ1) is 14.1. The van der Waals surface area contributed by atoms with E-state index >= 15 is 0 Å². The van der Waals surface area contributed by atoms with Gasteiger partial charge in [0.05, 0.1) is 6.54 Å². The lowest BCUT2D eigenvalue weighted by Gasteiger charge is -2.35. The Morgan fingerprint density at radius 3 is 2.59 bits per heavy atom. The number of nitrogens with zero attached hydrogens (tertiary/aromatic N) is 2. The highest BCUT2D eigenvalue weighted by molar-refractivity contribution is 6.08. The molecule has 0 radical (unpaired) electrons. The Morgan fingerprint density at radius 1 is 1.07 bits per heavy atom. The van der Waals surface area contributed by atoms with Gasteiger partial charge in [0, 0.05) is 6.04 Å². The van der Waals surface area contributed by atoms with Crippen LogP contribution in [0.15, 0.2) is 30.3 Å². The molecule has 29 heavy (non-hydrogen) atoms. The summed E-state index contributed by atoms with van der Waals surface area (Å²) in [6.45, 7) is 1.05. The van der Waals surface area contributed by atoms with Crippen LogP contribution < -0.4 is 10.7 Å². The molecule has 2 aliphatic heterocycles. The van der Waals surface area contributed by atoms with Crippen molar-refractivity contribution in [2.75, 3.05) is 13.1 Å². The maximum atomic E-state index is 12.8. The van der Waals surface area contributed by atoms with Gasteiger partial charge in [0.2, 0.25) is 0 Å². The minimum Gasteiger partial charge on any atom is -0.322 e. The molecule has 2 N–H and O–H groups in total. The number of carbonyl (C=O) groups is 3. The van der Waals surface area contributed by atoms with Crippen molar-refractivity contribution in [1.82, 2.24) is 20.7 Å². The molecule has 2 saturated heterocycles. The average Bonchev–Trinajstić information content (AvgIpc) is 2.95. The topological polar surface area (TPSA) is 81.8 Å². The second kappa shape index (κ2) is 8.53. The van der Waals surface area contributed by atoms with Gasteiger partial charge >= 0.3 is 6.03 Å². The number of amides is 4. The third kappa shape index (κ3) is 4.29. The van der Waals surface area contributed by atoms with Crippen LogP contribution in [0.5, 0.6) is 0 Å². The summed E-state index contributed by atoms with van der Waals surface area (Å²) in [5.41, 5.74) is 3.02. The first kappa shape index (κ1) is 19.9. The second-order valence-corrected chi connectivity index (χ2v) is 8.56. The molecule has 156 valence electrons. The summed E-state index contributed by atoms with van der Waals surface area (Å²) in [6, 6.07) is 10.1. The number of likely N-dealkylation sites (tertiary alicyclic amines) is 1. The van der Waals surface area contributed by atoms with Crippen LogP contribution in [0.25, 0.3) is 0 Å². The van der Waals surface area contributed by atoms with Crippen molar-refractivity contribution >= 4 is 17.8 Å². The van der Waals surface area contributed by atoms with E-state index in [2.05, 4.69) is 27.8 Å². The van der Waals surface area contributed by atoms with Gasteiger partial charge in [-0.05, 0) is 44.2 Å². The molecule has 0 bridgehead atoms. The third-order valence-electron chi connectivity index (χ3n) is 6.52. The van der Waals surface area contributed by atoms with E-state index in [0.717, 1.165) is 56.5 Å². The van der Waals surface area contributed by atoms with Crippen LogP contribution in [0.3, 0.4) is 0 Å². The van der Waals surface area contributed by atoms with Crippen LogP contribution in [0, 0.1) is 0 Å². The molecule has 7 heteroatoms. The first-order valence-electron chi connectivity index (χ1n) is 10.8. The van der Waals surface area contributed by atoms with Crippen LogP contribution in [0.4, 0.5) is 4.79 Å². The second-order valence-electron chi connectivity index (χ2n) is 8.56. The summed E-state index contributed by atoms with van der Waals surface area (Å²) in [5, 5.41) is 3.74. The van der Waals surface area contributed by atoms with E-state index in [1.165, 1.54) is 5.56 Å². The van der Waals surface area contributed by atoms with E-state index in [1.807, 2.05) is 18.2 Å². The Balaban J connectivity index is 1.36. The van der Waals surface area contributed by atoms with Crippen LogP contribution in [-0.2, 0) is 16.0 Å². The lowest BCUT2D eigenvalue weighted by atomic mass is 9.82. The number of hydrogen-bond donors (Lipinski definition) is 2. The van der Waals surface area contributed by atoms with Gasteiger partial charge in [-0.1, -0.05) is 56.0 Å². The van der Waals surface area contributed by atoms with Gasteiger partial charge in [-0.2, -0.15) is 5.01 Å². The van der Waals surface area contributed by atoms with E-state index in [4.69, 9.17) is 0 Å². The number of nitrogens with one attached hydrogen (secondary N) is 2. The lowest BCUT2D eigenvalue weighted by Crippen LogP contribution is -2.54. The van der Waals surface area contributed by atoms with Crippen molar-refractivity contribution in [1.29, 1.82) is 0 Å². The average molecular weight is 399 g/mol. The van der Waals surface area contributed by atoms with E-state index in [9.17, 15) is 14.4 Å². The Hall–Kier alpha value is -2.41. The number of carbonyl (C=O) groups excluding carboxylic acids is 3. The van der Waals surface area contributed by atoms with Gasteiger partial charge < -0.3 is 5.32 Å². The molecule has 4 amide bonds. The Bertz CT molecular complexity index is 761. The van der Waals surface area contributed by atoms with Crippen LogP contribution in [-0.4, -0.2) is 52.4 Å². The number of benzene rings is 1. The largest absolute Gasteiger partial charge is 0.344 e. The summed E-state index contributed by atoms with van der Waals surface area (Å²) in [4.78, 5) is 40.1. The highest BCUT2D eigenvalue weighted by atomic mass is 16.2. The van der Waals surface area contributed by atoms with E-state index in [0.29, 0.717) is 18.9 Å². The van der Waals surface area contributed by atoms with Crippen LogP contribution in [0.1, 0.15) is 56.9 Å². The molecule has 2 heterocycles. The number of hydrazine groups is 1. The molecule has 1 aromatic rings. The van der Waals surface area contributed by atoms with E-state index in [-0.39, 0.29) is 18.4 Å². The molecule has 1 atom stereocenters. The van der Waals surface area contributed by atoms with Crippen molar-refractivity contribution in [3.05, 3.63) is 35.9 Å². The fourth-order valence-electron chi connectivity index (χ4n) is 4.95. The number of urea groups is 1. The minimum atomic E-state index is -0.816. The van der Waals surface area contributed by atoms with Crippen molar-refractivity contribution in [3.8, 4) is 0 Å². The Morgan fingerprint density at radius 2 is 1.83 bits per heavy atom. The van der Waals surface area contributed by atoms with Crippen LogP contribution in [0.2, 0.25) is 0 Å². The van der Waals surface area contributed by atoms with Gasteiger partial charge in [0.15, 0.2) is 0 Å². The molecule has 4 rings (SSSR count). The summed E-state index contributed by atoms with van der Waals surface area (Å²) >= 11 is 0. The minimum absolute atomic E-state index is 0.196. The summed E-state index contributed by atoms with van der Waals surface area (Å²) < 4.78 is 0. The maximum absolute atomic E-state index is 12.8. The smallest absolute Gasteiger partial charge is 0.322 e.